The molecule has 0 heterocycles. The lowest BCUT2D eigenvalue weighted by atomic mass is 10.2. The Morgan fingerprint density at radius 2 is 1.48 bits per heavy atom. The maximum Gasteiger partial charge on any atom is 0.255 e. The van der Waals surface area contributed by atoms with Crippen LogP contribution >= 0.6 is 46.4 Å². The van der Waals surface area contributed by atoms with Crippen molar-refractivity contribution in [2.45, 2.75) is 6.61 Å². The van der Waals surface area contributed by atoms with Crippen molar-refractivity contribution in [3.8, 4) is 5.75 Å². The molecule has 7 heteroatoms. The van der Waals surface area contributed by atoms with Crippen LogP contribution in [0.3, 0.4) is 0 Å². The van der Waals surface area contributed by atoms with Crippen molar-refractivity contribution in [1.29, 1.82) is 0 Å². The maximum absolute atomic E-state index is 12.4. The Labute approximate surface area is 176 Å². The molecule has 0 radical (unpaired) electrons. The van der Waals surface area contributed by atoms with Gasteiger partial charge in [0.25, 0.3) is 5.91 Å². The average Bonchev–Trinajstić information content (AvgIpc) is 2.66. The van der Waals surface area contributed by atoms with Crippen molar-refractivity contribution in [2.75, 3.05) is 5.32 Å². The van der Waals surface area contributed by atoms with Crippen molar-refractivity contribution in [3.63, 3.8) is 0 Å². The van der Waals surface area contributed by atoms with Crippen molar-refractivity contribution in [3.05, 3.63) is 91.9 Å². The SMILES string of the molecule is O=C(Nc1cc(Cl)c(Cl)cc1Cl)c1ccc(OCc2ccccc2Cl)cc1. The van der Waals surface area contributed by atoms with E-state index in [1.165, 1.54) is 12.1 Å². The van der Waals surface area contributed by atoms with Gasteiger partial charge in [-0.3, -0.25) is 4.79 Å². The molecule has 0 unspecified atom stereocenters. The van der Waals surface area contributed by atoms with Gasteiger partial charge in [0.1, 0.15) is 12.4 Å². The topological polar surface area (TPSA) is 38.3 Å². The van der Waals surface area contributed by atoms with Gasteiger partial charge in [-0.1, -0.05) is 64.6 Å². The lowest BCUT2D eigenvalue weighted by Gasteiger charge is -2.10. The molecule has 0 fully saturated rings. The quantitative estimate of drug-likeness (QED) is 0.428. The predicted molar refractivity (Wildman–Crippen MR) is 112 cm³/mol. The fraction of sp³-hybridized carbons (Fsp3) is 0.0500. The van der Waals surface area contributed by atoms with Gasteiger partial charge in [0.05, 0.1) is 20.8 Å². The van der Waals surface area contributed by atoms with E-state index in [1.54, 1.807) is 24.3 Å². The molecule has 0 aromatic heterocycles. The van der Waals surface area contributed by atoms with Crippen LogP contribution in [0.2, 0.25) is 20.1 Å². The number of carbonyl (C=O) groups excluding carboxylic acids is 1. The smallest absolute Gasteiger partial charge is 0.255 e. The minimum absolute atomic E-state index is 0.303. The second-order valence-corrected chi connectivity index (χ2v) is 7.23. The average molecular weight is 441 g/mol. The molecule has 3 nitrogen and oxygen atoms in total. The van der Waals surface area contributed by atoms with Gasteiger partial charge in [0.15, 0.2) is 0 Å². The Bertz CT molecular complexity index is 974. The van der Waals surface area contributed by atoms with E-state index in [4.69, 9.17) is 51.1 Å². The van der Waals surface area contributed by atoms with Crippen LogP contribution in [0.15, 0.2) is 60.7 Å². The standard InChI is InChI=1S/C20H13Cl4NO2/c21-15-4-2-1-3-13(15)11-27-14-7-5-12(6-8-14)20(26)25-19-10-17(23)16(22)9-18(19)24/h1-10H,11H2,(H,25,26). The summed E-state index contributed by atoms with van der Waals surface area (Å²) in [6, 6.07) is 17.2. The van der Waals surface area contributed by atoms with Gasteiger partial charge in [-0.2, -0.15) is 0 Å². The first-order valence-electron chi connectivity index (χ1n) is 7.86. The fourth-order valence-electron chi connectivity index (χ4n) is 2.29. The monoisotopic (exact) mass is 439 g/mol. The molecule has 0 aliphatic rings. The number of hydrogen-bond donors (Lipinski definition) is 1. The van der Waals surface area contributed by atoms with E-state index in [1.807, 2.05) is 24.3 Å². The first kappa shape index (κ1) is 19.8. The molecule has 0 spiro atoms. The van der Waals surface area contributed by atoms with Crippen LogP contribution in [0, 0.1) is 0 Å². The van der Waals surface area contributed by atoms with Crippen LogP contribution in [0.25, 0.3) is 0 Å². The van der Waals surface area contributed by atoms with Gasteiger partial charge < -0.3 is 10.1 Å². The number of carbonyl (C=O) groups is 1. The highest BCUT2D eigenvalue weighted by atomic mass is 35.5. The van der Waals surface area contributed by atoms with E-state index >= 15 is 0 Å². The Morgan fingerprint density at radius 1 is 0.815 bits per heavy atom. The Hall–Kier alpha value is -1.91. The van der Waals surface area contributed by atoms with Gasteiger partial charge in [0, 0.05) is 16.1 Å². The molecule has 0 atom stereocenters. The largest absolute Gasteiger partial charge is 0.489 e. The first-order chi connectivity index (χ1) is 12.9. The highest BCUT2D eigenvalue weighted by molar-refractivity contribution is 6.44. The van der Waals surface area contributed by atoms with Gasteiger partial charge >= 0.3 is 0 Å². The van der Waals surface area contributed by atoms with Gasteiger partial charge in [-0.05, 0) is 42.5 Å². The summed E-state index contributed by atoms with van der Waals surface area (Å²) >= 11 is 24.0. The molecular formula is C20H13Cl4NO2. The number of ether oxygens (including phenoxy) is 1. The number of anilines is 1. The molecule has 0 bridgehead atoms. The molecule has 0 aliphatic heterocycles. The molecule has 3 rings (SSSR count). The van der Waals surface area contributed by atoms with Crippen LogP contribution in [0.4, 0.5) is 5.69 Å². The zero-order valence-corrected chi connectivity index (χ0v) is 16.8. The van der Waals surface area contributed by atoms with E-state index < -0.39 is 0 Å². The minimum atomic E-state index is -0.326. The molecule has 0 aliphatic carbocycles. The molecule has 1 amide bonds. The molecule has 3 aromatic carbocycles. The van der Waals surface area contributed by atoms with Gasteiger partial charge in [0.2, 0.25) is 0 Å². The normalized spacial score (nSPS) is 10.5. The molecular weight excluding hydrogens is 428 g/mol. The molecule has 27 heavy (non-hydrogen) atoms. The molecule has 0 saturated heterocycles. The van der Waals surface area contributed by atoms with Crippen molar-refractivity contribution in [1.82, 2.24) is 0 Å². The van der Waals surface area contributed by atoms with E-state index in [9.17, 15) is 4.79 Å². The van der Waals surface area contributed by atoms with Crippen molar-refractivity contribution in [2.24, 2.45) is 0 Å². The maximum atomic E-state index is 12.4. The summed E-state index contributed by atoms with van der Waals surface area (Å²) < 4.78 is 5.70. The lowest BCUT2D eigenvalue weighted by Crippen LogP contribution is -2.12. The summed E-state index contributed by atoms with van der Waals surface area (Å²) in [5.74, 6) is 0.298. The zero-order chi connectivity index (χ0) is 19.4. The van der Waals surface area contributed by atoms with Crippen LogP contribution in [-0.2, 0) is 6.61 Å². The molecule has 0 saturated carbocycles. The molecule has 3 aromatic rings. The third kappa shape index (κ3) is 5.08. The van der Waals surface area contributed by atoms with E-state index in [-0.39, 0.29) is 5.91 Å². The summed E-state index contributed by atoms with van der Waals surface area (Å²) in [6.07, 6.45) is 0. The van der Waals surface area contributed by atoms with Crippen LogP contribution in [-0.4, -0.2) is 5.91 Å². The van der Waals surface area contributed by atoms with Crippen LogP contribution in [0.1, 0.15) is 15.9 Å². The zero-order valence-electron chi connectivity index (χ0n) is 13.8. The number of rotatable bonds is 5. The fourth-order valence-corrected chi connectivity index (χ4v) is 3.08. The van der Waals surface area contributed by atoms with E-state index in [0.29, 0.717) is 43.7 Å². The van der Waals surface area contributed by atoms with E-state index in [0.717, 1.165) is 5.56 Å². The van der Waals surface area contributed by atoms with Crippen LogP contribution < -0.4 is 10.1 Å². The lowest BCUT2D eigenvalue weighted by molar-refractivity contribution is 0.102. The minimum Gasteiger partial charge on any atom is -0.489 e. The van der Waals surface area contributed by atoms with Crippen molar-refractivity contribution >= 4 is 58.0 Å². The Kier molecular flexibility index (Phi) is 6.51. The number of nitrogens with one attached hydrogen (secondary N) is 1. The van der Waals surface area contributed by atoms with Gasteiger partial charge in [-0.15, -0.1) is 0 Å². The summed E-state index contributed by atoms with van der Waals surface area (Å²) in [7, 11) is 0. The molecule has 1 N–H and O–H groups in total. The summed E-state index contributed by atoms with van der Waals surface area (Å²) in [5.41, 5.74) is 1.72. The Morgan fingerprint density at radius 3 is 2.19 bits per heavy atom. The summed E-state index contributed by atoms with van der Waals surface area (Å²) in [5, 5.41) is 4.28. The first-order valence-corrected chi connectivity index (χ1v) is 9.37. The summed E-state index contributed by atoms with van der Waals surface area (Å²) in [6.45, 7) is 0.337. The highest BCUT2D eigenvalue weighted by Crippen LogP contribution is 2.32. The number of benzene rings is 3. The molecule has 138 valence electrons. The third-order valence-corrected chi connectivity index (χ3v) is 5.13. The van der Waals surface area contributed by atoms with E-state index in [2.05, 4.69) is 5.32 Å². The summed E-state index contributed by atoms with van der Waals surface area (Å²) in [4.78, 5) is 12.4. The second kappa shape index (κ2) is 8.85. The Balaban J connectivity index is 1.65. The predicted octanol–water partition coefficient (Wildman–Crippen LogP) is 7.13. The number of hydrogen-bond acceptors (Lipinski definition) is 2. The van der Waals surface area contributed by atoms with Crippen molar-refractivity contribution < 1.29 is 9.53 Å². The second-order valence-electron chi connectivity index (χ2n) is 5.60. The highest BCUT2D eigenvalue weighted by Gasteiger charge is 2.11. The van der Waals surface area contributed by atoms with Crippen LogP contribution in [0.5, 0.6) is 5.75 Å². The van der Waals surface area contributed by atoms with Gasteiger partial charge in [-0.25, -0.2) is 0 Å². The number of amides is 1. The number of halogens is 4. The third-order valence-electron chi connectivity index (χ3n) is 3.73.